The van der Waals surface area contributed by atoms with E-state index in [1.165, 1.54) is 0 Å². The molecule has 0 heterocycles. The third kappa shape index (κ3) is 5.79. The van der Waals surface area contributed by atoms with Crippen molar-refractivity contribution in [2.24, 2.45) is 0 Å². The molecule has 0 atom stereocenters. The largest absolute Gasteiger partial charge is 0.397 e. The van der Waals surface area contributed by atoms with Gasteiger partial charge in [-0.15, -0.1) is 0 Å². The molecule has 29 heavy (non-hydrogen) atoms. The van der Waals surface area contributed by atoms with Gasteiger partial charge in [-0.25, -0.2) is 0 Å². The highest BCUT2D eigenvalue weighted by molar-refractivity contribution is 6.02. The van der Waals surface area contributed by atoms with Gasteiger partial charge in [0.25, 0.3) is 0 Å². The molecule has 0 aromatic heterocycles. The number of Topliss-reactive ketones (excluding diaryl/α,β-unsaturated/α-hetero) is 1. The Labute approximate surface area is 171 Å². The van der Waals surface area contributed by atoms with E-state index in [1.54, 1.807) is 12.1 Å². The summed E-state index contributed by atoms with van der Waals surface area (Å²) in [5.41, 5.74) is 9.82. The number of anilines is 2. The summed E-state index contributed by atoms with van der Waals surface area (Å²) in [7, 11) is 0. The molecule has 0 spiro atoms. The first-order valence-corrected chi connectivity index (χ1v) is 9.97. The SMILES string of the molecule is Nc1ccccc1NC(=O)CCCCCC(=O)c1ccccc1-c1ccccc1. The fourth-order valence-electron chi connectivity index (χ4n) is 3.30. The van der Waals surface area contributed by atoms with E-state index >= 15 is 0 Å². The van der Waals surface area contributed by atoms with Gasteiger partial charge in [0.15, 0.2) is 5.78 Å². The lowest BCUT2D eigenvalue weighted by molar-refractivity contribution is -0.116. The summed E-state index contributed by atoms with van der Waals surface area (Å²) < 4.78 is 0. The molecule has 4 nitrogen and oxygen atoms in total. The van der Waals surface area contributed by atoms with Crippen molar-refractivity contribution < 1.29 is 9.59 Å². The lowest BCUT2D eigenvalue weighted by Gasteiger charge is -2.09. The first-order valence-electron chi connectivity index (χ1n) is 9.97. The number of nitrogen functional groups attached to an aromatic ring is 1. The summed E-state index contributed by atoms with van der Waals surface area (Å²) >= 11 is 0. The Balaban J connectivity index is 1.45. The van der Waals surface area contributed by atoms with Crippen LogP contribution in [0.2, 0.25) is 0 Å². The zero-order chi connectivity index (χ0) is 20.5. The summed E-state index contributed by atoms with van der Waals surface area (Å²) in [6.45, 7) is 0. The van der Waals surface area contributed by atoms with Gasteiger partial charge in [0, 0.05) is 18.4 Å². The van der Waals surface area contributed by atoms with Crippen molar-refractivity contribution in [2.75, 3.05) is 11.1 Å². The molecule has 0 aliphatic carbocycles. The highest BCUT2D eigenvalue weighted by Gasteiger charge is 2.12. The topological polar surface area (TPSA) is 72.2 Å². The van der Waals surface area contributed by atoms with Crippen molar-refractivity contribution in [3.8, 4) is 11.1 Å². The standard InChI is InChI=1S/C25H26N2O2/c26-22-15-9-10-16-23(22)27-25(29)18-6-2-5-17-24(28)21-14-8-7-13-20(21)19-11-3-1-4-12-19/h1,3-4,7-16H,2,5-6,17-18,26H2,(H,27,29). The van der Waals surface area contributed by atoms with Gasteiger partial charge in [0.05, 0.1) is 11.4 Å². The lowest BCUT2D eigenvalue weighted by atomic mass is 9.95. The van der Waals surface area contributed by atoms with Crippen LogP contribution < -0.4 is 11.1 Å². The normalized spacial score (nSPS) is 10.5. The van der Waals surface area contributed by atoms with E-state index < -0.39 is 0 Å². The quantitative estimate of drug-likeness (QED) is 0.281. The number of hydrogen-bond acceptors (Lipinski definition) is 3. The Morgan fingerprint density at radius 1 is 0.724 bits per heavy atom. The number of rotatable bonds is 9. The molecule has 1 amide bonds. The Bertz CT molecular complexity index is 967. The molecule has 0 bridgehead atoms. The van der Waals surface area contributed by atoms with E-state index in [2.05, 4.69) is 5.32 Å². The van der Waals surface area contributed by atoms with Gasteiger partial charge in [-0.1, -0.05) is 73.2 Å². The molecule has 148 valence electrons. The van der Waals surface area contributed by atoms with Crippen molar-refractivity contribution in [2.45, 2.75) is 32.1 Å². The number of amides is 1. The number of carbonyl (C=O) groups is 2. The Morgan fingerprint density at radius 3 is 2.17 bits per heavy atom. The maximum Gasteiger partial charge on any atom is 0.224 e. The Morgan fingerprint density at radius 2 is 1.38 bits per heavy atom. The van der Waals surface area contributed by atoms with Crippen LogP contribution in [0.15, 0.2) is 78.9 Å². The average Bonchev–Trinajstić information content (AvgIpc) is 2.75. The van der Waals surface area contributed by atoms with E-state index in [1.807, 2.05) is 66.7 Å². The molecule has 0 saturated carbocycles. The minimum absolute atomic E-state index is 0.0522. The lowest BCUT2D eigenvalue weighted by Crippen LogP contribution is -2.12. The van der Waals surface area contributed by atoms with Gasteiger partial charge < -0.3 is 11.1 Å². The van der Waals surface area contributed by atoms with Gasteiger partial charge in [0.1, 0.15) is 0 Å². The minimum atomic E-state index is -0.0522. The predicted octanol–water partition coefficient (Wildman–Crippen LogP) is 5.71. The van der Waals surface area contributed by atoms with Gasteiger partial charge >= 0.3 is 0 Å². The molecular weight excluding hydrogens is 360 g/mol. The van der Waals surface area contributed by atoms with E-state index in [0.29, 0.717) is 24.2 Å². The van der Waals surface area contributed by atoms with Crippen LogP contribution in [-0.4, -0.2) is 11.7 Å². The van der Waals surface area contributed by atoms with Crippen LogP contribution in [0.4, 0.5) is 11.4 Å². The molecule has 3 aromatic rings. The number of para-hydroxylation sites is 2. The number of carbonyl (C=O) groups excluding carboxylic acids is 2. The van der Waals surface area contributed by atoms with Crippen molar-refractivity contribution in [1.82, 2.24) is 0 Å². The smallest absolute Gasteiger partial charge is 0.224 e. The van der Waals surface area contributed by atoms with Crippen molar-refractivity contribution in [3.63, 3.8) is 0 Å². The highest BCUT2D eigenvalue weighted by Crippen LogP contribution is 2.25. The summed E-state index contributed by atoms with van der Waals surface area (Å²) in [5.74, 6) is 0.0922. The third-order valence-electron chi connectivity index (χ3n) is 4.85. The molecule has 3 aromatic carbocycles. The molecule has 0 radical (unpaired) electrons. The van der Waals surface area contributed by atoms with Crippen molar-refractivity contribution >= 4 is 23.1 Å². The molecule has 0 aliphatic heterocycles. The van der Waals surface area contributed by atoms with Crippen LogP contribution in [0, 0.1) is 0 Å². The van der Waals surface area contributed by atoms with E-state index in [4.69, 9.17) is 5.73 Å². The van der Waals surface area contributed by atoms with Gasteiger partial charge in [-0.3, -0.25) is 9.59 Å². The first-order chi connectivity index (χ1) is 14.1. The second-order valence-corrected chi connectivity index (χ2v) is 7.03. The fraction of sp³-hybridized carbons (Fsp3) is 0.200. The zero-order valence-electron chi connectivity index (χ0n) is 16.4. The van der Waals surface area contributed by atoms with E-state index in [0.717, 1.165) is 36.0 Å². The second-order valence-electron chi connectivity index (χ2n) is 7.03. The number of hydrogen-bond donors (Lipinski definition) is 2. The maximum absolute atomic E-state index is 12.7. The van der Waals surface area contributed by atoms with Gasteiger partial charge in [-0.2, -0.15) is 0 Å². The highest BCUT2D eigenvalue weighted by atomic mass is 16.1. The summed E-state index contributed by atoms with van der Waals surface area (Å²) in [5, 5.41) is 2.83. The van der Waals surface area contributed by atoms with E-state index in [-0.39, 0.29) is 11.7 Å². The summed E-state index contributed by atoms with van der Waals surface area (Å²) in [6.07, 6.45) is 3.24. The predicted molar refractivity (Wildman–Crippen MR) is 119 cm³/mol. The minimum Gasteiger partial charge on any atom is -0.397 e. The molecule has 0 fully saturated rings. The molecule has 3 rings (SSSR count). The summed E-state index contributed by atoms with van der Waals surface area (Å²) in [4.78, 5) is 24.8. The molecule has 0 aliphatic rings. The van der Waals surface area contributed by atoms with Crippen LogP contribution in [0.3, 0.4) is 0 Å². The monoisotopic (exact) mass is 386 g/mol. The first kappa shape index (κ1) is 20.3. The molecular formula is C25H26N2O2. The summed E-state index contributed by atoms with van der Waals surface area (Å²) in [6, 6.07) is 24.9. The average molecular weight is 386 g/mol. The Kier molecular flexibility index (Phi) is 7.17. The van der Waals surface area contributed by atoms with Gasteiger partial charge in [0.2, 0.25) is 5.91 Å². The molecule has 0 unspecified atom stereocenters. The van der Waals surface area contributed by atoms with Crippen molar-refractivity contribution in [1.29, 1.82) is 0 Å². The van der Waals surface area contributed by atoms with Crippen LogP contribution >= 0.6 is 0 Å². The van der Waals surface area contributed by atoms with Crippen LogP contribution in [0.25, 0.3) is 11.1 Å². The second kappa shape index (κ2) is 10.2. The van der Waals surface area contributed by atoms with Crippen LogP contribution in [0.1, 0.15) is 42.5 Å². The zero-order valence-corrected chi connectivity index (χ0v) is 16.4. The van der Waals surface area contributed by atoms with Crippen molar-refractivity contribution in [3.05, 3.63) is 84.4 Å². The number of nitrogens with two attached hydrogens (primary N) is 1. The number of nitrogens with one attached hydrogen (secondary N) is 1. The number of unbranched alkanes of at least 4 members (excludes halogenated alkanes) is 2. The number of ketones is 1. The molecule has 0 saturated heterocycles. The van der Waals surface area contributed by atoms with Gasteiger partial charge in [-0.05, 0) is 36.1 Å². The third-order valence-corrected chi connectivity index (χ3v) is 4.85. The van der Waals surface area contributed by atoms with Crippen LogP contribution in [0.5, 0.6) is 0 Å². The number of benzene rings is 3. The maximum atomic E-state index is 12.7. The molecule has 4 heteroatoms. The molecule has 3 N–H and O–H groups in total. The Hall–Kier alpha value is -3.40. The van der Waals surface area contributed by atoms with E-state index in [9.17, 15) is 9.59 Å². The fourth-order valence-corrected chi connectivity index (χ4v) is 3.30. The van der Waals surface area contributed by atoms with Crippen LogP contribution in [-0.2, 0) is 4.79 Å².